The van der Waals surface area contributed by atoms with Gasteiger partial charge in [-0.3, -0.25) is 11.3 Å². The van der Waals surface area contributed by atoms with E-state index in [-0.39, 0.29) is 5.56 Å². The minimum absolute atomic E-state index is 0.0200. The maximum Gasteiger partial charge on any atom is 0.130 e. The molecule has 5 heteroatoms. The molecule has 2 nitrogen and oxygen atoms in total. The normalized spacial score (nSPS) is 12.4. The number of hydrogen-bond donors (Lipinski definition) is 2. The van der Waals surface area contributed by atoms with Crippen molar-refractivity contribution in [2.24, 2.45) is 5.84 Å². The fraction of sp³-hybridized carbons (Fsp3) is 0.143. The fourth-order valence-electron chi connectivity index (χ4n) is 1.75. The molecule has 0 spiro atoms. The molecule has 100 valence electrons. The molecule has 0 aromatic heterocycles. The molecule has 3 N–H and O–H groups in total. The molecule has 0 heterocycles. The van der Waals surface area contributed by atoms with E-state index in [4.69, 9.17) is 5.84 Å². The van der Waals surface area contributed by atoms with Gasteiger partial charge in [0.15, 0.2) is 0 Å². The zero-order valence-electron chi connectivity index (χ0n) is 10.1. The van der Waals surface area contributed by atoms with Crippen LogP contribution in [-0.4, -0.2) is 5.75 Å². The van der Waals surface area contributed by atoms with Crippen molar-refractivity contribution >= 4 is 11.8 Å². The Kier molecular flexibility index (Phi) is 4.90. The number of nitrogens with one attached hydrogen (secondary N) is 1. The SMILES string of the molecule is NNC(CSc1ccccc1)c1c(F)cccc1F. The second-order valence-corrected chi connectivity index (χ2v) is 5.07. The molecule has 1 atom stereocenters. The molecule has 0 aliphatic heterocycles. The summed E-state index contributed by atoms with van der Waals surface area (Å²) in [6.07, 6.45) is 0. The third kappa shape index (κ3) is 3.53. The number of halogens is 2. The first-order valence-corrected chi connectivity index (χ1v) is 6.79. The molecule has 2 aromatic rings. The molecular formula is C14H14F2N2S. The van der Waals surface area contributed by atoms with E-state index in [1.165, 1.54) is 30.0 Å². The summed E-state index contributed by atoms with van der Waals surface area (Å²) in [5.74, 6) is 4.68. The second kappa shape index (κ2) is 6.65. The van der Waals surface area contributed by atoms with Gasteiger partial charge in [-0.1, -0.05) is 24.3 Å². The van der Waals surface area contributed by atoms with Crippen molar-refractivity contribution < 1.29 is 8.78 Å². The number of hydrogen-bond acceptors (Lipinski definition) is 3. The molecule has 0 radical (unpaired) electrons. The Morgan fingerprint density at radius 1 is 1.00 bits per heavy atom. The Morgan fingerprint density at radius 2 is 1.63 bits per heavy atom. The fourth-order valence-corrected chi connectivity index (χ4v) is 2.73. The third-order valence-corrected chi connectivity index (χ3v) is 3.81. The molecule has 0 fully saturated rings. The highest BCUT2D eigenvalue weighted by Crippen LogP contribution is 2.27. The van der Waals surface area contributed by atoms with Gasteiger partial charge in [-0.15, -0.1) is 11.8 Å². The molecule has 0 saturated heterocycles. The summed E-state index contributed by atoms with van der Waals surface area (Å²) in [7, 11) is 0. The summed E-state index contributed by atoms with van der Waals surface area (Å²) >= 11 is 1.49. The van der Waals surface area contributed by atoms with Gasteiger partial charge in [-0.05, 0) is 24.3 Å². The Bertz CT molecular complexity index is 514. The van der Waals surface area contributed by atoms with Crippen LogP contribution < -0.4 is 11.3 Å². The largest absolute Gasteiger partial charge is 0.271 e. The smallest absolute Gasteiger partial charge is 0.130 e. The van der Waals surface area contributed by atoms with Crippen LogP contribution in [0.2, 0.25) is 0 Å². The zero-order valence-corrected chi connectivity index (χ0v) is 11.0. The van der Waals surface area contributed by atoms with Gasteiger partial charge in [0.05, 0.1) is 6.04 Å². The van der Waals surface area contributed by atoms with Gasteiger partial charge < -0.3 is 0 Å². The minimum Gasteiger partial charge on any atom is -0.271 e. The van der Waals surface area contributed by atoms with E-state index in [9.17, 15) is 8.78 Å². The van der Waals surface area contributed by atoms with Crippen LogP contribution in [0.4, 0.5) is 8.78 Å². The predicted octanol–water partition coefficient (Wildman–Crippen LogP) is 3.26. The van der Waals surface area contributed by atoms with Crippen LogP contribution in [0.3, 0.4) is 0 Å². The van der Waals surface area contributed by atoms with Crippen molar-refractivity contribution in [2.45, 2.75) is 10.9 Å². The van der Waals surface area contributed by atoms with Crippen LogP contribution in [0.15, 0.2) is 53.4 Å². The van der Waals surface area contributed by atoms with E-state index in [2.05, 4.69) is 5.43 Å². The van der Waals surface area contributed by atoms with E-state index >= 15 is 0 Å². The lowest BCUT2D eigenvalue weighted by Gasteiger charge is -2.17. The van der Waals surface area contributed by atoms with E-state index in [0.717, 1.165) is 4.90 Å². The van der Waals surface area contributed by atoms with E-state index < -0.39 is 17.7 Å². The lowest BCUT2D eigenvalue weighted by Crippen LogP contribution is -2.31. The van der Waals surface area contributed by atoms with Crippen molar-refractivity contribution in [1.29, 1.82) is 0 Å². The minimum atomic E-state index is -0.586. The first-order chi connectivity index (χ1) is 9.22. The third-order valence-electron chi connectivity index (χ3n) is 2.71. The molecule has 2 rings (SSSR count). The highest BCUT2D eigenvalue weighted by Gasteiger charge is 2.19. The van der Waals surface area contributed by atoms with Crippen molar-refractivity contribution in [1.82, 2.24) is 5.43 Å². The van der Waals surface area contributed by atoms with Crippen molar-refractivity contribution in [3.05, 3.63) is 65.7 Å². The zero-order chi connectivity index (χ0) is 13.7. The summed E-state index contributed by atoms with van der Waals surface area (Å²) in [6, 6.07) is 12.9. The number of thioether (sulfide) groups is 1. The molecule has 1 unspecified atom stereocenters. The average Bonchev–Trinajstić information content (AvgIpc) is 2.43. The van der Waals surface area contributed by atoms with Crippen molar-refractivity contribution in [3.8, 4) is 0 Å². The summed E-state index contributed by atoms with van der Waals surface area (Å²) < 4.78 is 27.3. The summed E-state index contributed by atoms with van der Waals surface area (Å²) in [5, 5.41) is 0. The van der Waals surface area contributed by atoms with Crippen LogP contribution in [0.25, 0.3) is 0 Å². The van der Waals surface area contributed by atoms with Gasteiger partial charge in [0.2, 0.25) is 0 Å². The Morgan fingerprint density at radius 3 is 2.21 bits per heavy atom. The average molecular weight is 280 g/mol. The Labute approximate surface area is 115 Å². The molecular weight excluding hydrogens is 266 g/mol. The first kappa shape index (κ1) is 14.0. The van der Waals surface area contributed by atoms with Gasteiger partial charge in [0, 0.05) is 16.2 Å². The molecule has 0 aliphatic carbocycles. The van der Waals surface area contributed by atoms with Crippen molar-refractivity contribution in [3.63, 3.8) is 0 Å². The topological polar surface area (TPSA) is 38.0 Å². The van der Waals surface area contributed by atoms with Crippen LogP contribution in [0.1, 0.15) is 11.6 Å². The lowest BCUT2D eigenvalue weighted by atomic mass is 10.1. The van der Waals surface area contributed by atoms with Gasteiger partial charge in [-0.25, -0.2) is 8.78 Å². The van der Waals surface area contributed by atoms with Crippen LogP contribution in [-0.2, 0) is 0 Å². The van der Waals surface area contributed by atoms with Crippen LogP contribution in [0.5, 0.6) is 0 Å². The quantitative estimate of drug-likeness (QED) is 0.501. The van der Waals surface area contributed by atoms with Crippen LogP contribution >= 0.6 is 11.8 Å². The van der Waals surface area contributed by atoms with E-state index in [0.29, 0.717) is 5.75 Å². The second-order valence-electron chi connectivity index (χ2n) is 3.98. The maximum absolute atomic E-state index is 13.7. The maximum atomic E-state index is 13.7. The molecule has 0 amide bonds. The van der Waals surface area contributed by atoms with Gasteiger partial charge in [-0.2, -0.15) is 0 Å². The molecule has 0 aliphatic rings. The number of benzene rings is 2. The highest BCUT2D eigenvalue weighted by atomic mass is 32.2. The lowest BCUT2D eigenvalue weighted by molar-refractivity contribution is 0.500. The van der Waals surface area contributed by atoms with E-state index in [1.54, 1.807) is 0 Å². The molecule has 0 saturated carbocycles. The van der Waals surface area contributed by atoms with Crippen LogP contribution in [0, 0.1) is 11.6 Å². The summed E-state index contributed by atoms with van der Waals surface area (Å²) in [4.78, 5) is 1.03. The number of rotatable bonds is 5. The standard InChI is InChI=1S/C14H14F2N2S/c15-11-7-4-8-12(16)14(11)13(18-17)9-19-10-5-2-1-3-6-10/h1-8,13,18H,9,17H2. The summed E-state index contributed by atoms with van der Waals surface area (Å²) in [5.41, 5.74) is 2.45. The molecule has 2 aromatic carbocycles. The van der Waals surface area contributed by atoms with Gasteiger partial charge >= 0.3 is 0 Å². The van der Waals surface area contributed by atoms with E-state index in [1.807, 2.05) is 30.3 Å². The Balaban J connectivity index is 2.12. The van der Waals surface area contributed by atoms with Crippen molar-refractivity contribution in [2.75, 3.05) is 5.75 Å². The number of nitrogens with two attached hydrogens (primary N) is 1. The number of hydrazine groups is 1. The Hall–Kier alpha value is -1.43. The molecule has 19 heavy (non-hydrogen) atoms. The molecule has 0 bridgehead atoms. The monoisotopic (exact) mass is 280 g/mol. The first-order valence-electron chi connectivity index (χ1n) is 5.80. The van der Waals surface area contributed by atoms with Gasteiger partial charge in [0.25, 0.3) is 0 Å². The predicted molar refractivity (Wildman–Crippen MR) is 73.6 cm³/mol. The summed E-state index contributed by atoms with van der Waals surface area (Å²) in [6.45, 7) is 0. The highest BCUT2D eigenvalue weighted by molar-refractivity contribution is 7.99. The van der Waals surface area contributed by atoms with Gasteiger partial charge in [0.1, 0.15) is 11.6 Å².